The number of aryl methyl sites for hydroxylation is 2. The SMILES string of the molecule is Cc1cc(C(=O)O)ccc1-c1cccc2c(CCCOc3cccc4cccnc34)c(C(=O)O)[nH]c12. The molecule has 0 spiro atoms. The van der Waals surface area contributed by atoms with Crippen molar-refractivity contribution in [3.8, 4) is 16.9 Å². The van der Waals surface area contributed by atoms with E-state index in [-0.39, 0.29) is 11.3 Å². The first kappa shape index (κ1) is 23.1. The van der Waals surface area contributed by atoms with Gasteiger partial charge in [-0.2, -0.15) is 0 Å². The number of aromatic amines is 1. The van der Waals surface area contributed by atoms with Gasteiger partial charge in [0.2, 0.25) is 0 Å². The third kappa shape index (κ3) is 4.27. The van der Waals surface area contributed by atoms with Crippen molar-refractivity contribution in [3.05, 3.63) is 95.3 Å². The van der Waals surface area contributed by atoms with Crippen LogP contribution in [-0.4, -0.2) is 38.7 Å². The number of ether oxygens (including phenoxy) is 1. The summed E-state index contributed by atoms with van der Waals surface area (Å²) in [6.07, 6.45) is 2.86. The minimum Gasteiger partial charge on any atom is -0.491 e. The van der Waals surface area contributed by atoms with Crippen molar-refractivity contribution in [3.63, 3.8) is 0 Å². The molecule has 0 saturated heterocycles. The molecule has 7 nitrogen and oxygen atoms in total. The Labute approximate surface area is 207 Å². The van der Waals surface area contributed by atoms with E-state index < -0.39 is 11.9 Å². The minimum atomic E-state index is -1.02. The zero-order chi connectivity index (χ0) is 25.2. The predicted molar refractivity (Wildman–Crippen MR) is 138 cm³/mol. The number of fused-ring (bicyclic) bond motifs is 2. The molecule has 0 fully saturated rings. The molecule has 0 aliphatic carbocycles. The van der Waals surface area contributed by atoms with Crippen LogP contribution >= 0.6 is 0 Å². The average Bonchev–Trinajstić information content (AvgIpc) is 3.26. The highest BCUT2D eigenvalue weighted by Gasteiger charge is 2.20. The Hall–Kier alpha value is -4.65. The van der Waals surface area contributed by atoms with Crippen LogP contribution in [0.4, 0.5) is 0 Å². The number of pyridine rings is 1. The summed E-state index contributed by atoms with van der Waals surface area (Å²) in [6.45, 7) is 2.26. The topological polar surface area (TPSA) is 113 Å². The number of hydrogen-bond acceptors (Lipinski definition) is 4. The van der Waals surface area contributed by atoms with E-state index in [1.165, 1.54) is 0 Å². The van der Waals surface area contributed by atoms with E-state index in [2.05, 4.69) is 9.97 Å². The van der Waals surface area contributed by atoms with Crippen molar-refractivity contribution in [2.45, 2.75) is 19.8 Å². The molecule has 2 aromatic heterocycles. The van der Waals surface area contributed by atoms with Gasteiger partial charge < -0.3 is 19.9 Å². The van der Waals surface area contributed by atoms with Crippen LogP contribution in [0.2, 0.25) is 0 Å². The molecule has 5 aromatic rings. The van der Waals surface area contributed by atoms with Gasteiger partial charge in [0.1, 0.15) is 17.0 Å². The van der Waals surface area contributed by atoms with Crippen LogP contribution in [0.25, 0.3) is 32.9 Å². The monoisotopic (exact) mass is 480 g/mol. The highest BCUT2D eigenvalue weighted by Crippen LogP contribution is 2.34. The van der Waals surface area contributed by atoms with Crippen molar-refractivity contribution < 1.29 is 24.5 Å². The van der Waals surface area contributed by atoms with Gasteiger partial charge in [0, 0.05) is 22.5 Å². The molecule has 7 heteroatoms. The highest BCUT2D eigenvalue weighted by atomic mass is 16.5. The molecule has 0 aliphatic heterocycles. The molecule has 0 radical (unpaired) electrons. The summed E-state index contributed by atoms with van der Waals surface area (Å²) in [5.41, 5.74) is 5.08. The second-order valence-corrected chi connectivity index (χ2v) is 8.63. The summed E-state index contributed by atoms with van der Waals surface area (Å²) in [5.74, 6) is -1.31. The first-order valence-electron chi connectivity index (χ1n) is 11.6. The van der Waals surface area contributed by atoms with E-state index in [1.807, 2.05) is 55.5 Å². The van der Waals surface area contributed by atoms with Crippen molar-refractivity contribution in [1.29, 1.82) is 0 Å². The molecular weight excluding hydrogens is 456 g/mol. The Morgan fingerprint density at radius 1 is 0.944 bits per heavy atom. The Bertz CT molecular complexity index is 1610. The number of H-pyrrole nitrogens is 1. The summed E-state index contributed by atoms with van der Waals surface area (Å²) in [5, 5.41) is 21.0. The third-order valence-electron chi connectivity index (χ3n) is 6.34. The molecule has 0 bridgehead atoms. The lowest BCUT2D eigenvalue weighted by Gasteiger charge is -2.10. The number of carboxylic acids is 2. The van der Waals surface area contributed by atoms with Gasteiger partial charge in [-0.05, 0) is 60.7 Å². The molecule has 5 rings (SSSR count). The van der Waals surface area contributed by atoms with Gasteiger partial charge in [0.05, 0.1) is 17.7 Å². The van der Waals surface area contributed by atoms with Gasteiger partial charge in [-0.3, -0.25) is 4.98 Å². The van der Waals surface area contributed by atoms with Crippen molar-refractivity contribution in [2.24, 2.45) is 0 Å². The van der Waals surface area contributed by atoms with Gasteiger partial charge in [0.25, 0.3) is 0 Å². The maximum Gasteiger partial charge on any atom is 0.352 e. The number of benzene rings is 3. The molecule has 36 heavy (non-hydrogen) atoms. The fourth-order valence-corrected chi connectivity index (χ4v) is 4.66. The summed E-state index contributed by atoms with van der Waals surface area (Å²) >= 11 is 0. The number of para-hydroxylation sites is 2. The molecule has 0 aliphatic rings. The van der Waals surface area contributed by atoms with Crippen LogP contribution in [0.5, 0.6) is 5.75 Å². The van der Waals surface area contributed by atoms with Crippen molar-refractivity contribution in [1.82, 2.24) is 9.97 Å². The second-order valence-electron chi connectivity index (χ2n) is 8.63. The van der Waals surface area contributed by atoms with E-state index >= 15 is 0 Å². The average molecular weight is 481 g/mol. The minimum absolute atomic E-state index is 0.157. The van der Waals surface area contributed by atoms with E-state index in [9.17, 15) is 19.8 Å². The molecule has 3 aromatic carbocycles. The fourth-order valence-electron chi connectivity index (χ4n) is 4.66. The lowest BCUT2D eigenvalue weighted by atomic mass is 9.95. The summed E-state index contributed by atoms with van der Waals surface area (Å²) < 4.78 is 6.00. The number of hydrogen-bond donors (Lipinski definition) is 3. The van der Waals surface area contributed by atoms with E-state index in [1.54, 1.807) is 24.4 Å². The van der Waals surface area contributed by atoms with Crippen molar-refractivity contribution >= 4 is 33.7 Å². The maximum absolute atomic E-state index is 12.1. The molecular formula is C29H24N2O5. The van der Waals surface area contributed by atoms with Gasteiger partial charge in [-0.25, -0.2) is 9.59 Å². The summed E-state index contributed by atoms with van der Waals surface area (Å²) in [6, 6.07) is 20.3. The number of aromatic nitrogens is 2. The van der Waals surface area contributed by atoms with Gasteiger partial charge in [-0.15, -0.1) is 0 Å². The number of carboxylic acid groups (broad SMARTS) is 2. The molecule has 0 unspecified atom stereocenters. The Morgan fingerprint density at radius 2 is 1.75 bits per heavy atom. The van der Waals surface area contributed by atoms with E-state index in [0.717, 1.165) is 44.1 Å². The molecule has 180 valence electrons. The zero-order valence-corrected chi connectivity index (χ0v) is 19.6. The number of rotatable bonds is 8. The number of nitrogens with one attached hydrogen (secondary N) is 1. The van der Waals surface area contributed by atoms with Gasteiger partial charge in [-0.1, -0.05) is 42.5 Å². The molecule has 0 saturated carbocycles. The quantitative estimate of drug-likeness (QED) is 0.231. The fraction of sp³-hybridized carbons (Fsp3) is 0.138. The van der Waals surface area contributed by atoms with Gasteiger partial charge in [0.15, 0.2) is 0 Å². The molecule has 0 atom stereocenters. The van der Waals surface area contributed by atoms with Crippen LogP contribution in [0.1, 0.15) is 38.4 Å². The van der Waals surface area contributed by atoms with Crippen LogP contribution in [-0.2, 0) is 6.42 Å². The summed E-state index contributed by atoms with van der Waals surface area (Å²) in [4.78, 5) is 30.9. The third-order valence-corrected chi connectivity index (χ3v) is 6.34. The van der Waals surface area contributed by atoms with Crippen LogP contribution in [0, 0.1) is 6.92 Å². The van der Waals surface area contributed by atoms with E-state index in [0.29, 0.717) is 25.2 Å². The number of nitrogens with zero attached hydrogens (tertiary/aromatic N) is 1. The van der Waals surface area contributed by atoms with Crippen LogP contribution < -0.4 is 4.74 Å². The Morgan fingerprint density at radius 3 is 2.53 bits per heavy atom. The number of aromatic carboxylic acids is 2. The normalized spacial score (nSPS) is 11.1. The highest BCUT2D eigenvalue weighted by molar-refractivity contribution is 6.03. The first-order valence-corrected chi connectivity index (χ1v) is 11.6. The zero-order valence-electron chi connectivity index (χ0n) is 19.6. The van der Waals surface area contributed by atoms with Crippen molar-refractivity contribution in [2.75, 3.05) is 6.61 Å². The summed E-state index contributed by atoms with van der Waals surface area (Å²) in [7, 11) is 0. The molecule has 0 amide bonds. The number of carbonyl (C=O) groups is 2. The smallest absolute Gasteiger partial charge is 0.352 e. The lowest BCUT2D eigenvalue weighted by molar-refractivity contribution is 0.0682. The first-order chi connectivity index (χ1) is 17.4. The Kier molecular flexibility index (Phi) is 6.12. The molecule has 2 heterocycles. The van der Waals surface area contributed by atoms with Gasteiger partial charge >= 0.3 is 11.9 Å². The largest absolute Gasteiger partial charge is 0.491 e. The Balaban J connectivity index is 1.43. The maximum atomic E-state index is 12.1. The standard InChI is InChI=1S/C29H24N2O5/c1-17-16-19(28(32)33)12-13-20(17)21-8-3-9-22-23(27(29(34)35)31-26(21)22)10-5-15-36-24-11-2-6-18-7-4-14-30-25(18)24/h2-4,6-9,11-14,16,31H,5,10,15H2,1H3,(H,32,33)(H,34,35). The van der Waals surface area contributed by atoms with Crippen LogP contribution in [0.3, 0.4) is 0 Å². The van der Waals surface area contributed by atoms with Crippen LogP contribution in [0.15, 0.2) is 72.9 Å². The second kappa shape index (κ2) is 9.54. The molecule has 3 N–H and O–H groups in total. The van der Waals surface area contributed by atoms with E-state index in [4.69, 9.17) is 4.74 Å². The lowest BCUT2D eigenvalue weighted by Crippen LogP contribution is -2.04. The predicted octanol–water partition coefficient (Wildman–Crippen LogP) is 6.10.